The summed E-state index contributed by atoms with van der Waals surface area (Å²) in [5.74, 6) is 1.21. The van der Waals surface area contributed by atoms with Crippen LogP contribution in [0.5, 0.6) is 5.75 Å². The van der Waals surface area contributed by atoms with Crippen LogP contribution in [0.1, 0.15) is 24.2 Å². The van der Waals surface area contributed by atoms with Gasteiger partial charge >= 0.3 is 0 Å². The Hall–Kier alpha value is -3.09. The molecule has 0 atom stereocenters. The van der Waals surface area contributed by atoms with Gasteiger partial charge in [-0.2, -0.15) is 0 Å². The third kappa shape index (κ3) is 4.75. The predicted octanol–water partition coefficient (Wildman–Crippen LogP) is 2.40. The molecule has 1 N–H and O–H groups in total. The Labute approximate surface area is 158 Å². The molecule has 2 aromatic rings. The third-order valence-electron chi connectivity index (χ3n) is 4.30. The lowest BCUT2D eigenvalue weighted by Gasteiger charge is -2.33. The molecule has 0 bridgehead atoms. The zero-order chi connectivity index (χ0) is 19.2. The van der Waals surface area contributed by atoms with Gasteiger partial charge in [0.2, 0.25) is 6.41 Å². The fourth-order valence-electron chi connectivity index (χ4n) is 2.88. The van der Waals surface area contributed by atoms with E-state index in [9.17, 15) is 9.59 Å². The summed E-state index contributed by atoms with van der Waals surface area (Å²) in [4.78, 5) is 31.6. The van der Waals surface area contributed by atoms with E-state index >= 15 is 0 Å². The van der Waals surface area contributed by atoms with E-state index in [2.05, 4.69) is 15.2 Å². The second-order valence-electron chi connectivity index (χ2n) is 6.65. The minimum atomic E-state index is -0.236. The summed E-state index contributed by atoms with van der Waals surface area (Å²) in [7, 11) is 0. The number of hydrogen-bond acceptors (Lipinski definition) is 5. The van der Waals surface area contributed by atoms with E-state index in [0.717, 1.165) is 25.3 Å². The van der Waals surface area contributed by atoms with E-state index in [0.29, 0.717) is 30.1 Å². The van der Waals surface area contributed by atoms with Gasteiger partial charge in [-0.05, 0) is 38.1 Å². The van der Waals surface area contributed by atoms with Gasteiger partial charge < -0.3 is 19.9 Å². The molecule has 142 valence electrons. The molecule has 0 saturated carbocycles. The van der Waals surface area contributed by atoms with E-state index in [4.69, 9.17) is 4.74 Å². The quantitative estimate of drug-likeness (QED) is 0.793. The van der Waals surface area contributed by atoms with Crippen LogP contribution < -0.4 is 15.0 Å². The zero-order valence-corrected chi connectivity index (χ0v) is 15.6. The van der Waals surface area contributed by atoms with Crippen LogP contribution in [0.25, 0.3) is 0 Å². The maximum atomic E-state index is 12.6. The van der Waals surface area contributed by atoms with E-state index in [-0.39, 0.29) is 12.0 Å². The maximum absolute atomic E-state index is 12.6. The molecule has 0 unspecified atom stereocenters. The number of pyridine rings is 1. The lowest BCUT2D eigenvalue weighted by atomic mass is 10.2. The van der Waals surface area contributed by atoms with Crippen molar-refractivity contribution in [2.75, 3.05) is 36.4 Å². The summed E-state index contributed by atoms with van der Waals surface area (Å²) in [5.41, 5.74) is 1.11. The number of nitrogens with zero attached hydrogens (tertiary/aromatic N) is 3. The van der Waals surface area contributed by atoms with Crippen molar-refractivity contribution in [3.63, 3.8) is 0 Å². The lowest BCUT2D eigenvalue weighted by molar-refractivity contribution is -0.118. The van der Waals surface area contributed by atoms with Gasteiger partial charge in [0.05, 0.1) is 17.4 Å². The molecular formula is C20H24N4O3. The van der Waals surface area contributed by atoms with Crippen molar-refractivity contribution in [1.29, 1.82) is 0 Å². The number of amides is 2. The Morgan fingerprint density at radius 1 is 1.15 bits per heavy atom. The fourth-order valence-corrected chi connectivity index (χ4v) is 2.88. The van der Waals surface area contributed by atoms with Gasteiger partial charge in [-0.25, -0.2) is 4.98 Å². The van der Waals surface area contributed by atoms with Crippen molar-refractivity contribution < 1.29 is 14.3 Å². The van der Waals surface area contributed by atoms with Crippen molar-refractivity contribution in [2.45, 2.75) is 20.0 Å². The molecule has 1 saturated heterocycles. The molecule has 2 amide bonds. The molecule has 2 heterocycles. The summed E-state index contributed by atoms with van der Waals surface area (Å²) >= 11 is 0. The highest BCUT2D eigenvalue weighted by atomic mass is 16.5. The van der Waals surface area contributed by atoms with Crippen molar-refractivity contribution >= 4 is 23.8 Å². The predicted molar refractivity (Wildman–Crippen MR) is 104 cm³/mol. The second-order valence-corrected chi connectivity index (χ2v) is 6.65. The lowest BCUT2D eigenvalue weighted by Crippen LogP contribution is -2.46. The Balaban J connectivity index is 1.65. The molecule has 7 heteroatoms. The Morgan fingerprint density at radius 2 is 1.89 bits per heavy atom. The average molecular weight is 368 g/mol. The topological polar surface area (TPSA) is 74.8 Å². The minimum Gasteiger partial charge on any atom is -0.489 e. The van der Waals surface area contributed by atoms with Crippen LogP contribution in [0.15, 0.2) is 42.6 Å². The molecule has 7 nitrogen and oxygen atoms in total. The van der Waals surface area contributed by atoms with Gasteiger partial charge in [-0.15, -0.1) is 0 Å². The maximum Gasteiger partial charge on any atom is 0.257 e. The smallest absolute Gasteiger partial charge is 0.257 e. The van der Waals surface area contributed by atoms with Gasteiger partial charge in [0.15, 0.2) is 0 Å². The first kappa shape index (κ1) is 18.7. The van der Waals surface area contributed by atoms with Crippen LogP contribution in [0.3, 0.4) is 0 Å². The first-order chi connectivity index (χ1) is 13.1. The van der Waals surface area contributed by atoms with E-state index in [1.165, 1.54) is 0 Å². The van der Waals surface area contributed by atoms with Gasteiger partial charge in [0.25, 0.3) is 5.91 Å². The van der Waals surface area contributed by atoms with Crippen LogP contribution in [-0.2, 0) is 4.79 Å². The van der Waals surface area contributed by atoms with Gasteiger partial charge in [0.1, 0.15) is 11.6 Å². The Kier molecular flexibility index (Phi) is 5.90. The molecule has 27 heavy (non-hydrogen) atoms. The second kappa shape index (κ2) is 8.53. The summed E-state index contributed by atoms with van der Waals surface area (Å²) in [6.07, 6.45) is 2.46. The Morgan fingerprint density at radius 3 is 2.52 bits per heavy atom. The number of piperazine rings is 1. The number of carbonyl (C=O) groups excluding carboxylic acids is 2. The van der Waals surface area contributed by atoms with Crippen molar-refractivity contribution in [1.82, 2.24) is 9.88 Å². The SMILES string of the molecule is CC(C)Oc1ccccc1NC(=O)c1ccc(N2CCN(C=O)CC2)nc1. The van der Waals surface area contributed by atoms with Crippen LogP contribution in [-0.4, -0.2) is 54.5 Å². The molecule has 1 aliphatic heterocycles. The van der Waals surface area contributed by atoms with Crippen LogP contribution >= 0.6 is 0 Å². The number of nitrogens with one attached hydrogen (secondary N) is 1. The van der Waals surface area contributed by atoms with Crippen LogP contribution in [0.2, 0.25) is 0 Å². The number of anilines is 2. The zero-order valence-electron chi connectivity index (χ0n) is 15.6. The van der Waals surface area contributed by atoms with Gasteiger partial charge in [0, 0.05) is 32.4 Å². The van der Waals surface area contributed by atoms with Gasteiger partial charge in [-0.1, -0.05) is 12.1 Å². The molecule has 0 radical (unpaired) electrons. The van der Waals surface area contributed by atoms with Crippen molar-refractivity contribution in [2.24, 2.45) is 0 Å². The minimum absolute atomic E-state index is 0.0173. The number of rotatable bonds is 6. The number of hydrogen-bond donors (Lipinski definition) is 1. The Bertz CT molecular complexity index is 784. The molecule has 3 rings (SSSR count). The first-order valence-electron chi connectivity index (χ1n) is 9.04. The van der Waals surface area contributed by atoms with Crippen molar-refractivity contribution in [3.8, 4) is 5.75 Å². The molecule has 0 aliphatic carbocycles. The van der Waals surface area contributed by atoms with Crippen molar-refractivity contribution in [3.05, 3.63) is 48.2 Å². The van der Waals surface area contributed by atoms with Gasteiger partial charge in [-0.3, -0.25) is 9.59 Å². The van der Waals surface area contributed by atoms with Crippen LogP contribution in [0.4, 0.5) is 11.5 Å². The molecule has 1 aliphatic rings. The summed E-state index contributed by atoms with van der Waals surface area (Å²) < 4.78 is 5.73. The van der Waals surface area contributed by atoms with E-state index in [1.54, 1.807) is 17.2 Å². The molecule has 1 aromatic carbocycles. The van der Waals surface area contributed by atoms with Crippen LogP contribution in [0, 0.1) is 0 Å². The number of para-hydroxylation sites is 2. The summed E-state index contributed by atoms with van der Waals surface area (Å²) in [5, 5.41) is 2.88. The highest BCUT2D eigenvalue weighted by molar-refractivity contribution is 6.04. The summed E-state index contributed by atoms with van der Waals surface area (Å²) in [6, 6.07) is 11.0. The normalized spacial score (nSPS) is 14.2. The monoisotopic (exact) mass is 368 g/mol. The molecular weight excluding hydrogens is 344 g/mol. The highest BCUT2D eigenvalue weighted by Crippen LogP contribution is 2.25. The first-order valence-corrected chi connectivity index (χ1v) is 9.04. The number of aromatic nitrogens is 1. The largest absolute Gasteiger partial charge is 0.489 e. The highest BCUT2D eigenvalue weighted by Gasteiger charge is 2.17. The van der Waals surface area contributed by atoms with E-state index < -0.39 is 0 Å². The van der Waals surface area contributed by atoms with E-state index in [1.807, 2.05) is 44.2 Å². The fraction of sp³-hybridized carbons (Fsp3) is 0.350. The number of ether oxygens (including phenoxy) is 1. The average Bonchev–Trinajstić information content (AvgIpc) is 2.69. The third-order valence-corrected chi connectivity index (χ3v) is 4.30. The molecule has 0 spiro atoms. The number of carbonyl (C=O) groups is 2. The summed E-state index contributed by atoms with van der Waals surface area (Å²) in [6.45, 7) is 6.71. The number of benzene rings is 1. The standard InChI is InChI=1S/C20H24N4O3/c1-15(2)27-18-6-4-3-5-17(18)22-20(26)16-7-8-19(21-13-16)24-11-9-23(14-25)10-12-24/h3-8,13-15H,9-12H2,1-2H3,(H,22,26). The molecule has 1 fully saturated rings. The molecule has 1 aromatic heterocycles.